The van der Waals surface area contributed by atoms with Crippen molar-refractivity contribution in [1.82, 2.24) is 15.3 Å². The van der Waals surface area contributed by atoms with Gasteiger partial charge in [0.2, 0.25) is 5.43 Å². The van der Waals surface area contributed by atoms with Gasteiger partial charge in [-0.05, 0) is 18.6 Å². The first kappa shape index (κ1) is 13.8. The molecule has 0 saturated heterocycles. The number of ether oxygens (including phenoxy) is 1. The molecule has 2 N–H and O–H groups in total. The van der Waals surface area contributed by atoms with Crippen LogP contribution >= 0.6 is 0 Å². The molecule has 0 radical (unpaired) electrons. The van der Waals surface area contributed by atoms with Gasteiger partial charge in [-0.3, -0.25) is 14.6 Å². The molecule has 2 aromatic rings. The summed E-state index contributed by atoms with van der Waals surface area (Å²) in [6, 6.07) is 5.07. The van der Waals surface area contributed by atoms with Crippen LogP contribution < -0.4 is 15.5 Å². The fraction of sp³-hybridized carbons (Fsp3) is 0.214. The maximum atomic E-state index is 11.6. The summed E-state index contributed by atoms with van der Waals surface area (Å²) in [5, 5.41) is 2.68. The summed E-state index contributed by atoms with van der Waals surface area (Å²) in [5.41, 5.74) is 1.39. The lowest BCUT2D eigenvalue weighted by Crippen LogP contribution is -2.29. The predicted molar refractivity (Wildman–Crippen MR) is 73.4 cm³/mol. The number of amides is 1. The Morgan fingerprint density at radius 2 is 2.35 bits per heavy atom. The summed E-state index contributed by atoms with van der Waals surface area (Å²) in [4.78, 5) is 30.0. The number of hydrogen-bond acceptors (Lipinski definition) is 4. The number of hydrogen-bond donors (Lipinski definition) is 2. The highest BCUT2D eigenvalue weighted by Gasteiger charge is 2.05. The molecule has 0 fully saturated rings. The number of H-pyrrole nitrogens is 1. The molecule has 6 nitrogen and oxygen atoms in total. The van der Waals surface area contributed by atoms with Crippen LogP contribution in [0.2, 0.25) is 0 Å². The van der Waals surface area contributed by atoms with Crippen molar-refractivity contribution < 1.29 is 9.53 Å². The molecular weight excluding hydrogens is 258 g/mol. The first-order chi connectivity index (χ1) is 9.65. The normalized spacial score (nSPS) is 10.1. The van der Waals surface area contributed by atoms with Crippen LogP contribution in [0.1, 0.15) is 11.3 Å². The lowest BCUT2D eigenvalue weighted by Gasteiger charge is -2.07. The Morgan fingerprint density at radius 3 is 3.05 bits per heavy atom. The Labute approximate surface area is 115 Å². The van der Waals surface area contributed by atoms with Crippen LogP contribution in [-0.4, -0.2) is 22.5 Å². The fourth-order valence-corrected chi connectivity index (χ4v) is 1.57. The van der Waals surface area contributed by atoms with E-state index in [-0.39, 0.29) is 23.7 Å². The maximum Gasteiger partial charge on any atom is 0.258 e. The van der Waals surface area contributed by atoms with E-state index in [2.05, 4.69) is 15.3 Å². The average Bonchev–Trinajstić information content (AvgIpc) is 2.45. The molecule has 0 aliphatic heterocycles. The van der Waals surface area contributed by atoms with E-state index >= 15 is 0 Å². The van der Waals surface area contributed by atoms with Crippen LogP contribution in [0.25, 0.3) is 0 Å². The number of aryl methyl sites for hydroxylation is 1. The number of rotatable bonds is 5. The van der Waals surface area contributed by atoms with Crippen LogP contribution in [0.15, 0.2) is 41.6 Å². The minimum Gasteiger partial charge on any atom is -0.478 e. The Kier molecular flexibility index (Phi) is 4.49. The van der Waals surface area contributed by atoms with Gasteiger partial charge in [0.1, 0.15) is 0 Å². The molecule has 0 aliphatic carbocycles. The molecule has 0 unspecified atom stereocenters. The molecule has 6 heteroatoms. The summed E-state index contributed by atoms with van der Waals surface area (Å²) >= 11 is 0. The minimum atomic E-state index is -0.297. The Bertz CT molecular complexity index is 638. The van der Waals surface area contributed by atoms with E-state index in [4.69, 9.17) is 4.74 Å². The molecule has 1 amide bonds. The van der Waals surface area contributed by atoms with E-state index < -0.39 is 0 Å². The Balaban J connectivity index is 1.82. The number of pyridine rings is 2. The quantitative estimate of drug-likeness (QED) is 0.843. The molecule has 104 valence electrons. The van der Waals surface area contributed by atoms with Crippen molar-refractivity contribution in [2.75, 3.05) is 6.61 Å². The third kappa shape index (κ3) is 3.94. The number of nitrogens with one attached hydrogen (secondary N) is 2. The standard InChI is InChI=1S/C14H15N3O3/c1-10-5-12(18)13(8-16-10)20-9-14(19)17-7-11-3-2-4-15-6-11/h2-6,8H,7,9H2,1H3,(H,16,18)(H,17,19). The van der Waals surface area contributed by atoms with Crippen molar-refractivity contribution in [3.05, 3.63) is 58.3 Å². The van der Waals surface area contributed by atoms with Gasteiger partial charge in [-0.15, -0.1) is 0 Å². The minimum absolute atomic E-state index is 0.132. The highest BCUT2D eigenvalue weighted by atomic mass is 16.5. The summed E-state index contributed by atoms with van der Waals surface area (Å²) < 4.78 is 5.17. The molecule has 2 aromatic heterocycles. The van der Waals surface area contributed by atoms with Gasteiger partial charge in [0.05, 0.1) is 0 Å². The number of aromatic amines is 1. The zero-order valence-electron chi connectivity index (χ0n) is 11.1. The van der Waals surface area contributed by atoms with Gasteiger partial charge in [0.25, 0.3) is 5.91 Å². The van der Waals surface area contributed by atoms with Gasteiger partial charge in [-0.2, -0.15) is 0 Å². The molecular formula is C14H15N3O3. The Morgan fingerprint density at radius 1 is 1.50 bits per heavy atom. The largest absolute Gasteiger partial charge is 0.478 e. The smallest absolute Gasteiger partial charge is 0.258 e. The number of aromatic nitrogens is 2. The van der Waals surface area contributed by atoms with Crippen molar-refractivity contribution in [1.29, 1.82) is 0 Å². The van der Waals surface area contributed by atoms with Gasteiger partial charge in [0.15, 0.2) is 12.4 Å². The topological polar surface area (TPSA) is 84.1 Å². The van der Waals surface area contributed by atoms with E-state index in [1.54, 1.807) is 25.4 Å². The summed E-state index contributed by atoms with van der Waals surface area (Å²) in [5.74, 6) is -0.166. The van der Waals surface area contributed by atoms with E-state index in [0.29, 0.717) is 6.54 Å². The SMILES string of the molecule is Cc1cc(=O)c(OCC(=O)NCc2cccnc2)c[nH]1. The molecule has 0 aliphatic rings. The summed E-state index contributed by atoms with van der Waals surface area (Å²) in [6.45, 7) is 1.94. The molecule has 0 spiro atoms. The predicted octanol–water partition coefficient (Wildman–Crippen LogP) is 0.774. The number of carbonyl (C=O) groups excluding carboxylic acids is 1. The molecule has 2 rings (SSSR count). The van der Waals surface area contributed by atoms with Crippen molar-refractivity contribution in [2.24, 2.45) is 0 Å². The van der Waals surface area contributed by atoms with Crippen LogP contribution in [0, 0.1) is 6.92 Å². The number of nitrogens with zero attached hydrogens (tertiary/aromatic N) is 1. The van der Waals surface area contributed by atoms with E-state index in [1.807, 2.05) is 6.07 Å². The fourth-order valence-electron chi connectivity index (χ4n) is 1.57. The highest BCUT2D eigenvalue weighted by Crippen LogP contribution is 2.01. The van der Waals surface area contributed by atoms with E-state index in [9.17, 15) is 9.59 Å². The zero-order valence-corrected chi connectivity index (χ0v) is 11.1. The van der Waals surface area contributed by atoms with Crippen LogP contribution in [-0.2, 0) is 11.3 Å². The van der Waals surface area contributed by atoms with Crippen molar-refractivity contribution in [2.45, 2.75) is 13.5 Å². The molecule has 0 atom stereocenters. The summed E-state index contributed by atoms with van der Waals surface area (Å²) in [6.07, 6.45) is 4.79. The highest BCUT2D eigenvalue weighted by molar-refractivity contribution is 5.77. The zero-order chi connectivity index (χ0) is 14.4. The lowest BCUT2D eigenvalue weighted by molar-refractivity contribution is -0.123. The van der Waals surface area contributed by atoms with Gasteiger partial charge >= 0.3 is 0 Å². The van der Waals surface area contributed by atoms with Crippen molar-refractivity contribution >= 4 is 5.91 Å². The number of carbonyl (C=O) groups is 1. The van der Waals surface area contributed by atoms with Crippen molar-refractivity contribution in [3.63, 3.8) is 0 Å². The van der Waals surface area contributed by atoms with Crippen LogP contribution in [0.5, 0.6) is 5.75 Å². The van der Waals surface area contributed by atoms with Gasteiger partial charge < -0.3 is 15.0 Å². The average molecular weight is 273 g/mol. The van der Waals surface area contributed by atoms with Gasteiger partial charge in [-0.25, -0.2) is 0 Å². The first-order valence-electron chi connectivity index (χ1n) is 6.13. The van der Waals surface area contributed by atoms with Gasteiger partial charge in [-0.1, -0.05) is 6.07 Å². The molecule has 20 heavy (non-hydrogen) atoms. The molecule has 2 heterocycles. The van der Waals surface area contributed by atoms with Crippen molar-refractivity contribution in [3.8, 4) is 5.75 Å². The van der Waals surface area contributed by atoms with Crippen LogP contribution in [0.3, 0.4) is 0 Å². The molecule has 0 bridgehead atoms. The Hall–Kier alpha value is -2.63. The second-order valence-corrected chi connectivity index (χ2v) is 4.27. The molecule has 0 aromatic carbocycles. The second-order valence-electron chi connectivity index (χ2n) is 4.27. The van der Waals surface area contributed by atoms with E-state index in [0.717, 1.165) is 11.3 Å². The maximum absolute atomic E-state index is 11.6. The third-order valence-electron chi connectivity index (χ3n) is 2.59. The third-order valence-corrected chi connectivity index (χ3v) is 2.59. The summed E-state index contributed by atoms with van der Waals surface area (Å²) in [7, 11) is 0. The van der Waals surface area contributed by atoms with Gasteiger partial charge in [0, 0.05) is 36.9 Å². The van der Waals surface area contributed by atoms with E-state index in [1.165, 1.54) is 12.3 Å². The first-order valence-corrected chi connectivity index (χ1v) is 6.13. The lowest BCUT2D eigenvalue weighted by atomic mass is 10.3. The molecule has 0 saturated carbocycles. The second kappa shape index (κ2) is 6.51. The monoisotopic (exact) mass is 273 g/mol. The van der Waals surface area contributed by atoms with Crippen LogP contribution in [0.4, 0.5) is 0 Å².